The summed E-state index contributed by atoms with van der Waals surface area (Å²) in [6, 6.07) is 10.0. The fourth-order valence-corrected chi connectivity index (χ4v) is 2.56. The van der Waals surface area contributed by atoms with E-state index in [1.54, 1.807) is 0 Å². The number of carbonyl (C=O) groups excluding carboxylic acids is 1. The molecule has 0 bridgehead atoms. The van der Waals surface area contributed by atoms with Gasteiger partial charge in [0.15, 0.2) is 0 Å². The number of Topliss-reactive ketones (excluding diaryl/α,β-unsaturated/α-hetero) is 1. The number of nitriles is 1. The van der Waals surface area contributed by atoms with Crippen LogP contribution in [0.25, 0.3) is 0 Å². The second-order valence-electron chi connectivity index (χ2n) is 4.50. The molecule has 0 heterocycles. The van der Waals surface area contributed by atoms with Gasteiger partial charge in [-0.15, -0.1) is 0 Å². The Bertz CT molecular complexity index is 442. The molecule has 1 aliphatic carbocycles. The van der Waals surface area contributed by atoms with E-state index in [9.17, 15) is 4.79 Å². The summed E-state index contributed by atoms with van der Waals surface area (Å²) in [5.41, 5.74) is 2.17. The lowest BCUT2D eigenvalue weighted by Gasteiger charge is -2.08. The second-order valence-corrected chi connectivity index (χ2v) is 5.61. The number of rotatable bonds is 5. The summed E-state index contributed by atoms with van der Waals surface area (Å²) >= 11 is 3.47. The molecule has 0 N–H and O–H groups in total. The lowest BCUT2D eigenvalue weighted by Crippen LogP contribution is -2.18. The molecule has 1 aliphatic rings. The molecule has 0 spiro atoms. The van der Waals surface area contributed by atoms with Crippen molar-refractivity contribution >= 4 is 21.7 Å². The van der Waals surface area contributed by atoms with Gasteiger partial charge in [0, 0.05) is 5.92 Å². The molecule has 0 amide bonds. The minimum absolute atomic E-state index is 0.0585. The average Bonchev–Trinajstić information content (AvgIpc) is 3.15. The molecule has 2 nitrogen and oxygen atoms in total. The van der Waals surface area contributed by atoms with Crippen molar-refractivity contribution in [3.63, 3.8) is 0 Å². The highest BCUT2D eigenvalue weighted by molar-refractivity contribution is 9.10. The normalized spacial score (nSPS) is 16.2. The Morgan fingerprint density at radius 3 is 2.47 bits per heavy atom. The Morgan fingerprint density at radius 2 is 1.94 bits per heavy atom. The van der Waals surface area contributed by atoms with Crippen LogP contribution in [0.4, 0.5) is 0 Å². The van der Waals surface area contributed by atoms with Crippen molar-refractivity contribution in [2.75, 3.05) is 0 Å². The first-order valence-corrected chi connectivity index (χ1v) is 6.75. The molecule has 1 saturated carbocycles. The van der Waals surface area contributed by atoms with Gasteiger partial charge in [-0.3, -0.25) is 4.79 Å². The number of ketones is 1. The summed E-state index contributed by atoms with van der Waals surface area (Å²) in [5, 5.41) is 8.57. The molecule has 1 atom stereocenters. The van der Waals surface area contributed by atoms with Crippen LogP contribution in [0.15, 0.2) is 24.3 Å². The van der Waals surface area contributed by atoms with Crippen LogP contribution < -0.4 is 0 Å². The first-order valence-electron chi connectivity index (χ1n) is 5.83. The maximum absolute atomic E-state index is 11.8. The number of hydrogen-bond acceptors (Lipinski definition) is 2. The van der Waals surface area contributed by atoms with E-state index in [0.29, 0.717) is 18.1 Å². The molecule has 1 fully saturated rings. The Labute approximate surface area is 110 Å². The summed E-state index contributed by atoms with van der Waals surface area (Å²) < 4.78 is 0. The molecule has 0 aromatic heterocycles. The zero-order valence-electron chi connectivity index (χ0n) is 9.53. The van der Waals surface area contributed by atoms with E-state index in [4.69, 9.17) is 5.26 Å². The van der Waals surface area contributed by atoms with Gasteiger partial charge >= 0.3 is 0 Å². The highest BCUT2D eigenvalue weighted by Crippen LogP contribution is 2.33. The fraction of sp³-hybridized carbons (Fsp3) is 0.429. The summed E-state index contributed by atoms with van der Waals surface area (Å²) in [4.78, 5) is 11.7. The minimum atomic E-state index is -0.0585. The largest absolute Gasteiger partial charge is 0.298 e. The van der Waals surface area contributed by atoms with Gasteiger partial charge in [0.05, 0.1) is 17.3 Å². The van der Waals surface area contributed by atoms with Gasteiger partial charge in [0.1, 0.15) is 5.78 Å². The van der Waals surface area contributed by atoms with E-state index in [1.165, 1.54) is 0 Å². The summed E-state index contributed by atoms with van der Waals surface area (Å²) in [5.74, 6) is 0.642. The highest BCUT2D eigenvalue weighted by Gasteiger charge is 2.33. The predicted octanol–water partition coefficient (Wildman–Crippen LogP) is 3.04. The van der Waals surface area contributed by atoms with Crippen LogP contribution in [-0.4, -0.2) is 10.6 Å². The second kappa shape index (κ2) is 5.46. The first kappa shape index (κ1) is 12.3. The summed E-state index contributed by atoms with van der Waals surface area (Å²) in [7, 11) is 0. The molecule has 1 aromatic carbocycles. The number of alkyl halides is 1. The van der Waals surface area contributed by atoms with Crippen molar-refractivity contribution in [3.8, 4) is 6.07 Å². The van der Waals surface area contributed by atoms with E-state index in [1.807, 2.05) is 24.3 Å². The Hall–Kier alpha value is -1.14. The van der Waals surface area contributed by atoms with E-state index < -0.39 is 0 Å². The van der Waals surface area contributed by atoms with Crippen LogP contribution in [0.2, 0.25) is 0 Å². The standard InChI is InChI=1S/C14H14BrNO/c15-13(14(17)12-5-6-12)9-11-3-1-10(2-4-11)7-8-16/h1-4,12-13H,5-7,9H2. The number of halogens is 1. The van der Waals surface area contributed by atoms with Gasteiger partial charge in [-0.05, 0) is 30.4 Å². The van der Waals surface area contributed by atoms with E-state index in [2.05, 4.69) is 22.0 Å². The predicted molar refractivity (Wildman–Crippen MR) is 69.9 cm³/mol. The molecule has 1 unspecified atom stereocenters. The van der Waals surface area contributed by atoms with Crippen LogP contribution in [0, 0.1) is 17.2 Å². The van der Waals surface area contributed by atoms with Crippen LogP contribution in [-0.2, 0) is 17.6 Å². The molecule has 2 rings (SSSR count). The number of hydrogen-bond donors (Lipinski definition) is 0. The van der Waals surface area contributed by atoms with Crippen LogP contribution in [0.3, 0.4) is 0 Å². The third kappa shape index (κ3) is 3.41. The van der Waals surface area contributed by atoms with E-state index in [-0.39, 0.29) is 4.83 Å². The molecule has 88 valence electrons. The maximum Gasteiger partial charge on any atom is 0.149 e. The molecule has 0 radical (unpaired) electrons. The SMILES string of the molecule is N#CCc1ccc(CC(Br)C(=O)C2CC2)cc1. The topological polar surface area (TPSA) is 40.9 Å². The monoisotopic (exact) mass is 291 g/mol. The smallest absolute Gasteiger partial charge is 0.149 e. The zero-order valence-corrected chi connectivity index (χ0v) is 11.1. The van der Waals surface area contributed by atoms with Crippen molar-refractivity contribution in [2.45, 2.75) is 30.5 Å². The Balaban J connectivity index is 1.94. The number of benzene rings is 1. The van der Waals surface area contributed by atoms with Crippen LogP contribution >= 0.6 is 15.9 Å². The Morgan fingerprint density at radius 1 is 1.35 bits per heavy atom. The van der Waals surface area contributed by atoms with Crippen molar-refractivity contribution in [1.82, 2.24) is 0 Å². The van der Waals surface area contributed by atoms with Crippen molar-refractivity contribution in [2.24, 2.45) is 5.92 Å². The van der Waals surface area contributed by atoms with Crippen LogP contribution in [0.1, 0.15) is 24.0 Å². The number of nitrogens with zero attached hydrogens (tertiary/aromatic N) is 1. The molecule has 1 aromatic rings. The van der Waals surface area contributed by atoms with Gasteiger partial charge in [-0.1, -0.05) is 40.2 Å². The maximum atomic E-state index is 11.8. The molecule has 3 heteroatoms. The van der Waals surface area contributed by atoms with Gasteiger partial charge in [-0.25, -0.2) is 0 Å². The molecule has 0 aliphatic heterocycles. The van der Waals surface area contributed by atoms with Gasteiger partial charge < -0.3 is 0 Å². The van der Waals surface area contributed by atoms with Crippen LogP contribution in [0.5, 0.6) is 0 Å². The lowest BCUT2D eigenvalue weighted by molar-refractivity contribution is -0.119. The van der Waals surface area contributed by atoms with Gasteiger partial charge in [-0.2, -0.15) is 5.26 Å². The zero-order chi connectivity index (χ0) is 12.3. The van der Waals surface area contributed by atoms with Gasteiger partial charge in [0.2, 0.25) is 0 Å². The molecular weight excluding hydrogens is 278 g/mol. The van der Waals surface area contributed by atoms with E-state index >= 15 is 0 Å². The van der Waals surface area contributed by atoms with Crippen molar-refractivity contribution in [3.05, 3.63) is 35.4 Å². The van der Waals surface area contributed by atoms with Crippen molar-refractivity contribution < 1.29 is 4.79 Å². The highest BCUT2D eigenvalue weighted by atomic mass is 79.9. The van der Waals surface area contributed by atoms with Gasteiger partial charge in [0.25, 0.3) is 0 Å². The van der Waals surface area contributed by atoms with E-state index in [0.717, 1.165) is 30.4 Å². The lowest BCUT2D eigenvalue weighted by atomic mass is 10.0. The molecular formula is C14H14BrNO. The average molecular weight is 292 g/mol. The summed E-state index contributed by atoms with van der Waals surface area (Å²) in [6.07, 6.45) is 3.30. The first-order chi connectivity index (χ1) is 8.20. The summed E-state index contributed by atoms with van der Waals surface area (Å²) in [6.45, 7) is 0. The fourth-order valence-electron chi connectivity index (χ4n) is 1.82. The Kier molecular flexibility index (Phi) is 3.96. The minimum Gasteiger partial charge on any atom is -0.298 e. The third-order valence-corrected chi connectivity index (χ3v) is 3.78. The van der Waals surface area contributed by atoms with Crippen molar-refractivity contribution in [1.29, 1.82) is 5.26 Å². The third-order valence-electron chi connectivity index (χ3n) is 3.01. The number of carbonyl (C=O) groups is 1. The molecule has 17 heavy (non-hydrogen) atoms. The molecule has 0 saturated heterocycles. The quantitative estimate of drug-likeness (QED) is 0.783.